The molecular weight excluding hydrogens is 311 g/mol. The summed E-state index contributed by atoms with van der Waals surface area (Å²) < 4.78 is 18.2. The molecule has 1 saturated heterocycles. The number of benzene rings is 1. The van der Waals surface area contributed by atoms with Crippen LogP contribution in [0.1, 0.15) is 36.3 Å². The lowest BCUT2D eigenvalue weighted by Crippen LogP contribution is -2.49. The van der Waals surface area contributed by atoms with Crippen LogP contribution in [0.2, 0.25) is 0 Å². The number of aliphatic hydroxyl groups is 1. The molecule has 128 valence electrons. The number of aliphatic hydroxyl groups excluding tert-OH is 1. The maximum Gasteiger partial charge on any atom is 0.222 e. The molecule has 5 nitrogen and oxygen atoms in total. The summed E-state index contributed by atoms with van der Waals surface area (Å²) in [5.41, 5.74) is 1.70. The number of carbonyl (C=O) groups is 1. The number of amides is 1. The number of likely N-dealkylation sites (tertiary alicyclic amines) is 1. The highest BCUT2D eigenvalue weighted by molar-refractivity contribution is 5.77. The Morgan fingerprint density at radius 1 is 1.46 bits per heavy atom. The van der Waals surface area contributed by atoms with Crippen molar-refractivity contribution in [2.45, 2.75) is 32.3 Å². The topological polar surface area (TPSA) is 66.6 Å². The van der Waals surface area contributed by atoms with Gasteiger partial charge < -0.3 is 14.5 Å². The standard InChI is InChI=1S/C18H21FN2O3/c1-12(5-13-3-2-4-15(19)7-13)6-18(23)21-9-14(10-21)17-8-16(11-22)24-20-17/h2-4,7-8,12,14,22H,5-6,9-11H2,1H3. The Morgan fingerprint density at radius 3 is 2.92 bits per heavy atom. The SMILES string of the molecule is CC(CC(=O)N1CC(c2cc(CO)on2)C1)Cc1cccc(F)c1. The largest absolute Gasteiger partial charge is 0.388 e. The molecule has 0 spiro atoms. The molecule has 1 atom stereocenters. The quantitative estimate of drug-likeness (QED) is 0.883. The molecule has 0 aliphatic carbocycles. The Bertz CT molecular complexity index is 710. The van der Waals surface area contributed by atoms with Crippen molar-refractivity contribution in [2.24, 2.45) is 5.92 Å². The van der Waals surface area contributed by atoms with Crippen LogP contribution in [0.3, 0.4) is 0 Å². The van der Waals surface area contributed by atoms with E-state index in [0.29, 0.717) is 31.7 Å². The summed E-state index contributed by atoms with van der Waals surface area (Å²) in [5.74, 6) is 0.647. The zero-order valence-corrected chi connectivity index (χ0v) is 13.6. The predicted molar refractivity (Wildman–Crippen MR) is 85.6 cm³/mol. The lowest BCUT2D eigenvalue weighted by molar-refractivity contribution is -0.136. The van der Waals surface area contributed by atoms with Crippen molar-refractivity contribution in [3.63, 3.8) is 0 Å². The first-order valence-corrected chi connectivity index (χ1v) is 8.13. The number of nitrogens with zero attached hydrogens (tertiary/aromatic N) is 2. The van der Waals surface area contributed by atoms with Gasteiger partial charge in [-0.05, 0) is 30.0 Å². The minimum atomic E-state index is -0.244. The minimum absolute atomic E-state index is 0.112. The first-order valence-electron chi connectivity index (χ1n) is 8.13. The normalized spacial score (nSPS) is 16.0. The summed E-state index contributed by atoms with van der Waals surface area (Å²) in [5, 5.41) is 12.9. The van der Waals surface area contributed by atoms with Gasteiger partial charge in [0.05, 0.1) is 5.69 Å². The van der Waals surface area contributed by atoms with Crippen LogP contribution in [0.4, 0.5) is 4.39 Å². The molecule has 1 fully saturated rings. The van der Waals surface area contributed by atoms with Gasteiger partial charge >= 0.3 is 0 Å². The van der Waals surface area contributed by atoms with Crippen LogP contribution in [0.5, 0.6) is 0 Å². The van der Waals surface area contributed by atoms with E-state index in [1.807, 2.05) is 13.0 Å². The molecule has 1 unspecified atom stereocenters. The molecule has 1 amide bonds. The van der Waals surface area contributed by atoms with Gasteiger partial charge in [-0.25, -0.2) is 4.39 Å². The van der Waals surface area contributed by atoms with E-state index in [-0.39, 0.29) is 30.2 Å². The first kappa shape index (κ1) is 16.6. The Morgan fingerprint density at radius 2 is 2.25 bits per heavy atom. The fourth-order valence-electron chi connectivity index (χ4n) is 3.03. The zero-order chi connectivity index (χ0) is 17.1. The summed E-state index contributed by atoms with van der Waals surface area (Å²) in [6.07, 6.45) is 1.13. The highest BCUT2D eigenvalue weighted by Gasteiger charge is 2.34. The molecule has 1 aromatic heterocycles. The number of rotatable bonds is 6. The smallest absolute Gasteiger partial charge is 0.222 e. The number of carbonyl (C=O) groups excluding carboxylic acids is 1. The van der Waals surface area contributed by atoms with Gasteiger partial charge in [0, 0.05) is 31.5 Å². The van der Waals surface area contributed by atoms with Crippen molar-refractivity contribution in [3.8, 4) is 0 Å². The molecule has 1 aromatic carbocycles. The average molecular weight is 332 g/mol. The molecule has 1 N–H and O–H groups in total. The van der Waals surface area contributed by atoms with E-state index in [2.05, 4.69) is 5.16 Å². The van der Waals surface area contributed by atoms with Crippen LogP contribution in [0.25, 0.3) is 0 Å². The van der Waals surface area contributed by atoms with E-state index in [4.69, 9.17) is 9.63 Å². The second-order valence-corrected chi connectivity index (χ2v) is 6.52. The summed E-state index contributed by atoms with van der Waals surface area (Å²) in [7, 11) is 0. The van der Waals surface area contributed by atoms with Gasteiger partial charge in [0.1, 0.15) is 12.4 Å². The van der Waals surface area contributed by atoms with Gasteiger partial charge in [0.25, 0.3) is 0 Å². The maximum atomic E-state index is 13.2. The first-order chi connectivity index (χ1) is 11.5. The highest BCUT2D eigenvalue weighted by atomic mass is 19.1. The lowest BCUT2D eigenvalue weighted by atomic mass is 9.93. The van der Waals surface area contributed by atoms with Crippen molar-refractivity contribution in [1.82, 2.24) is 10.1 Å². The lowest BCUT2D eigenvalue weighted by Gasteiger charge is -2.38. The average Bonchev–Trinajstić information content (AvgIpc) is 2.94. The third kappa shape index (κ3) is 3.82. The van der Waals surface area contributed by atoms with E-state index < -0.39 is 0 Å². The van der Waals surface area contributed by atoms with Crippen LogP contribution in [0.15, 0.2) is 34.9 Å². The van der Waals surface area contributed by atoms with Gasteiger partial charge in [-0.1, -0.05) is 24.2 Å². The molecule has 6 heteroatoms. The molecule has 1 aliphatic rings. The van der Waals surface area contributed by atoms with E-state index in [1.54, 1.807) is 17.0 Å². The molecule has 2 aromatic rings. The van der Waals surface area contributed by atoms with Crippen LogP contribution in [-0.2, 0) is 17.8 Å². The molecular formula is C18H21FN2O3. The molecule has 0 bridgehead atoms. The third-order valence-electron chi connectivity index (χ3n) is 4.38. The molecule has 0 saturated carbocycles. The van der Waals surface area contributed by atoms with E-state index in [0.717, 1.165) is 11.3 Å². The summed E-state index contributed by atoms with van der Waals surface area (Å²) >= 11 is 0. The Balaban J connectivity index is 1.46. The monoisotopic (exact) mass is 332 g/mol. The van der Waals surface area contributed by atoms with Crippen molar-refractivity contribution in [3.05, 3.63) is 53.2 Å². The van der Waals surface area contributed by atoms with Gasteiger partial charge in [-0.2, -0.15) is 0 Å². The van der Waals surface area contributed by atoms with Gasteiger partial charge in [0.2, 0.25) is 5.91 Å². The molecule has 0 radical (unpaired) electrons. The maximum absolute atomic E-state index is 13.2. The Labute approximate surface area is 140 Å². The van der Waals surface area contributed by atoms with Gasteiger partial charge in [-0.3, -0.25) is 4.79 Å². The van der Waals surface area contributed by atoms with Crippen LogP contribution < -0.4 is 0 Å². The van der Waals surface area contributed by atoms with E-state index >= 15 is 0 Å². The van der Waals surface area contributed by atoms with E-state index in [9.17, 15) is 9.18 Å². The highest BCUT2D eigenvalue weighted by Crippen LogP contribution is 2.28. The Hall–Kier alpha value is -2.21. The second-order valence-electron chi connectivity index (χ2n) is 6.52. The van der Waals surface area contributed by atoms with Crippen molar-refractivity contribution >= 4 is 5.91 Å². The van der Waals surface area contributed by atoms with Crippen molar-refractivity contribution in [2.75, 3.05) is 13.1 Å². The molecule has 24 heavy (non-hydrogen) atoms. The second kappa shape index (κ2) is 7.13. The van der Waals surface area contributed by atoms with Crippen LogP contribution in [0, 0.1) is 11.7 Å². The minimum Gasteiger partial charge on any atom is -0.388 e. The van der Waals surface area contributed by atoms with Crippen molar-refractivity contribution < 1.29 is 18.8 Å². The number of aromatic nitrogens is 1. The summed E-state index contributed by atoms with van der Waals surface area (Å²) in [6, 6.07) is 8.25. The van der Waals surface area contributed by atoms with Crippen molar-refractivity contribution in [1.29, 1.82) is 0 Å². The Kier molecular flexibility index (Phi) is 4.94. The summed E-state index contributed by atoms with van der Waals surface area (Å²) in [6.45, 7) is 3.09. The zero-order valence-electron chi connectivity index (χ0n) is 13.6. The summed E-state index contributed by atoms with van der Waals surface area (Å²) in [4.78, 5) is 14.1. The molecule has 3 rings (SSSR count). The molecule has 2 heterocycles. The van der Waals surface area contributed by atoms with E-state index in [1.165, 1.54) is 12.1 Å². The predicted octanol–water partition coefficient (Wildman–Crippen LogP) is 2.50. The van der Waals surface area contributed by atoms with Crippen LogP contribution in [-0.4, -0.2) is 34.2 Å². The fourth-order valence-corrected chi connectivity index (χ4v) is 3.03. The molecule has 1 aliphatic heterocycles. The van der Waals surface area contributed by atoms with Gasteiger partial charge in [-0.15, -0.1) is 0 Å². The number of hydrogen-bond donors (Lipinski definition) is 1. The number of halogens is 1. The fraction of sp³-hybridized carbons (Fsp3) is 0.444. The number of hydrogen-bond acceptors (Lipinski definition) is 4. The third-order valence-corrected chi connectivity index (χ3v) is 4.38. The van der Waals surface area contributed by atoms with Gasteiger partial charge in [0.15, 0.2) is 5.76 Å². The van der Waals surface area contributed by atoms with Crippen LogP contribution >= 0.6 is 0 Å².